The molecule has 2 heterocycles. The highest BCUT2D eigenvalue weighted by Gasteiger charge is 2.35. The van der Waals surface area contributed by atoms with Crippen LogP contribution in [-0.4, -0.2) is 35.7 Å². The lowest BCUT2D eigenvalue weighted by Gasteiger charge is -2.25. The molecule has 0 bridgehead atoms. The van der Waals surface area contributed by atoms with Gasteiger partial charge < -0.3 is 15.2 Å². The standard InChI is InChI=1S/C10H17N3O2/c1-8-5-13(12-9(8)11)6-10(14-2)3-4-15-7-10/h5H,3-4,6-7H2,1-2H3,(H2,11,12). The van der Waals surface area contributed by atoms with Crippen molar-refractivity contribution in [3.8, 4) is 0 Å². The summed E-state index contributed by atoms with van der Waals surface area (Å²) in [6.45, 7) is 4.02. The van der Waals surface area contributed by atoms with Crippen LogP contribution in [0.15, 0.2) is 6.20 Å². The number of nitrogens with two attached hydrogens (primary N) is 1. The summed E-state index contributed by atoms with van der Waals surface area (Å²) >= 11 is 0. The highest BCUT2D eigenvalue weighted by Crippen LogP contribution is 2.24. The summed E-state index contributed by atoms with van der Waals surface area (Å²) in [7, 11) is 1.72. The molecule has 1 fully saturated rings. The molecule has 0 amide bonds. The molecule has 5 heteroatoms. The summed E-state index contributed by atoms with van der Waals surface area (Å²) in [5, 5.41) is 4.23. The van der Waals surface area contributed by atoms with E-state index in [1.165, 1.54) is 0 Å². The Morgan fingerprint density at radius 1 is 1.73 bits per heavy atom. The second-order valence-corrected chi connectivity index (χ2v) is 4.08. The zero-order valence-electron chi connectivity index (χ0n) is 9.19. The van der Waals surface area contributed by atoms with Gasteiger partial charge in [-0.25, -0.2) is 0 Å². The number of aromatic nitrogens is 2. The molecule has 1 saturated heterocycles. The number of nitrogen functional groups attached to an aromatic ring is 1. The van der Waals surface area contributed by atoms with Crippen LogP contribution in [0.3, 0.4) is 0 Å². The molecule has 1 aromatic heterocycles. The molecule has 0 aromatic carbocycles. The Labute approximate surface area is 89.2 Å². The van der Waals surface area contributed by atoms with Crippen LogP contribution in [0.4, 0.5) is 5.82 Å². The number of methoxy groups -OCH3 is 1. The van der Waals surface area contributed by atoms with Crippen LogP contribution in [0.5, 0.6) is 0 Å². The van der Waals surface area contributed by atoms with Crippen LogP contribution < -0.4 is 5.73 Å². The first-order valence-electron chi connectivity index (χ1n) is 5.08. The second-order valence-electron chi connectivity index (χ2n) is 4.08. The van der Waals surface area contributed by atoms with Crippen molar-refractivity contribution >= 4 is 5.82 Å². The highest BCUT2D eigenvalue weighted by atomic mass is 16.5. The third-order valence-corrected chi connectivity index (χ3v) is 2.93. The fourth-order valence-electron chi connectivity index (χ4n) is 1.85. The van der Waals surface area contributed by atoms with Crippen molar-refractivity contribution in [1.29, 1.82) is 0 Å². The zero-order valence-corrected chi connectivity index (χ0v) is 9.19. The Hall–Kier alpha value is -1.07. The molecule has 0 radical (unpaired) electrons. The summed E-state index contributed by atoms with van der Waals surface area (Å²) in [5.41, 5.74) is 6.46. The molecule has 1 unspecified atom stereocenters. The van der Waals surface area contributed by atoms with Crippen LogP contribution in [0.2, 0.25) is 0 Å². The van der Waals surface area contributed by atoms with Gasteiger partial charge in [-0.05, 0) is 6.92 Å². The van der Waals surface area contributed by atoms with Crippen molar-refractivity contribution in [1.82, 2.24) is 9.78 Å². The minimum Gasteiger partial charge on any atom is -0.382 e. The first-order valence-corrected chi connectivity index (χ1v) is 5.08. The molecule has 1 atom stereocenters. The van der Waals surface area contributed by atoms with Gasteiger partial charge >= 0.3 is 0 Å². The van der Waals surface area contributed by atoms with Gasteiger partial charge in [-0.2, -0.15) is 5.10 Å². The maximum absolute atomic E-state index is 5.70. The van der Waals surface area contributed by atoms with E-state index in [0.717, 1.165) is 18.6 Å². The number of ether oxygens (including phenoxy) is 2. The molecule has 1 aromatic rings. The Morgan fingerprint density at radius 2 is 2.53 bits per heavy atom. The van der Waals surface area contributed by atoms with E-state index in [9.17, 15) is 0 Å². The quantitative estimate of drug-likeness (QED) is 0.794. The third-order valence-electron chi connectivity index (χ3n) is 2.93. The summed E-state index contributed by atoms with van der Waals surface area (Å²) in [4.78, 5) is 0. The molecule has 5 nitrogen and oxygen atoms in total. The van der Waals surface area contributed by atoms with Gasteiger partial charge in [0.1, 0.15) is 11.4 Å². The molecule has 84 valence electrons. The van der Waals surface area contributed by atoms with Gasteiger partial charge in [0.25, 0.3) is 0 Å². The molecule has 0 aliphatic carbocycles. The van der Waals surface area contributed by atoms with E-state index in [1.807, 2.05) is 17.8 Å². The molecule has 0 spiro atoms. The molecular weight excluding hydrogens is 194 g/mol. The van der Waals surface area contributed by atoms with Crippen LogP contribution in [-0.2, 0) is 16.0 Å². The smallest absolute Gasteiger partial charge is 0.148 e. The average molecular weight is 211 g/mol. The van der Waals surface area contributed by atoms with Crippen molar-refractivity contribution in [2.75, 3.05) is 26.1 Å². The fraction of sp³-hybridized carbons (Fsp3) is 0.700. The number of anilines is 1. The molecule has 1 aliphatic heterocycles. The summed E-state index contributed by atoms with van der Waals surface area (Å²) in [6.07, 6.45) is 2.84. The predicted octanol–water partition coefficient (Wildman–Crippen LogP) is 0.579. The third kappa shape index (κ3) is 1.98. The summed E-state index contributed by atoms with van der Waals surface area (Å²) < 4.78 is 12.7. The molecule has 2 rings (SSSR count). The lowest BCUT2D eigenvalue weighted by atomic mass is 10.0. The van der Waals surface area contributed by atoms with Crippen LogP contribution in [0.25, 0.3) is 0 Å². The fourth-order valence-corrected chi connectivity index (χ4v) is 1.85. The van der Waals surface area contributed by atoms with Crippen LogP contribution in [0, 0.1) is 6.92 Å². The van der Waals surface area contributed by atoms with Crippen molar-refractivity contribution in [2.45, 2.75) is 25.5 Å². The van der Waals surface area contributed by atoms with E-state index in [-0.39, 0.29) is 5.60 Å². The van der Waals surface area contributed by atoms with Crippen LogP contribution in [0.1, 0.15) is 12.0 Å². The van der Waals surface area contributed by atoms with Gasteiger partial charge in [0, 0.05) is 31.9 Å². The van der Waals surface area contributed by atoms with Crippen molar-refractivity contribution in [3.63, 3.8) is 0 Å². The molecule has 15 heavy (non-hydrogen) atoms. The number of aryl methyl sites for hydroxylation is 1. The number of rotatable bonds is 3. The predicted molar refractivity (Wildman–Crippen MR) is 56.6 cm³/mol. The molecule has 1 aliphatic rings. The van der Waals surface area contributed by atoms with Crippen molar-refractivity contribution < 1.29 is 9.47 Å². The minimum absolute atomic E-state index is 0.231. The van der Waals surface area contributed by atoms with Crippen LogP contribution >= 0.6 is 0 Å². The average Bonchev–Trinajstić information content (AvgIpc) is 2.77. The van der Waals surface area contributed by atoms with Gasteiger partial charge in [0.2, 0.25) is 0 Å². The van der Waals surface area contributed by atoms with Gasteiger partial charge in [-0.3, -0.25) is 4.68 Å². The number of nitrogens with zero attached hydrogens (tertiary/aromatic N) is 2. The number of hydrogen-bond donors (Lipinski definition) is 1. The summed E-state index contributed by atoms with van der Waals surface area (Å²) in [6, 6.07) is 0. The van der Waals surface area contributed by atoms with E-state index in [0.29, 0.717) is 19.0 Å². The zero-order chi connectivity index (χ0) is 10.9. The maximum Gasteiger partial charge on any atom is 0.148 e. The largest absolute Gasteiger partial charge is 0.382 e. The maximum atomic E-state index is 5.70. The number of hydrogen-bond acceptors (Lipinski definition) is 4. The highest BCUT2D eigenvalue weighted by molar-refractivity contribution is 5.35. The second kappa shape index (κ2) is 3.83. The van der Waals surface area contributed by atoms with E-state index in [2.05, 4.69) is 5.10 Å². The van der Waals surface area contributed by atoms with E-state index < -0.39 is 0 Å². The normalized spacial score (nSPS) is 26.0. The monoisotopic (exact) mass is 211 g/mol. The Balaban J connectivity index is 2.12. The summed E-state index contributed by atoms with van der Waals surface area (Å²) in [5.74, 6) is 0.583. The SMILES string of the molecule is COC1(Cn2cc(C)c(N)n2)CCOC1. The van der Waals surface area contributed by atoms with Crippen molar-refractivity contribution in [2.24, 2.45) is 0 Å². The lowest BCUT2D eigenvalue weighted by molar-refractivity contribution is -0.0317. The molecule has 2 N–H and O–H groups in total. The first-order chi connectivity index (χ1) is 7.15. The van der Waals surface area contributed by atoms with E-state index in [4.69, 9.17) is 15.2 Å². The molecule has 0 saturated carbocycles. The Kier molecular flexibility index (Phi) is 2.67. The first kappa shape index (κ1) is 10.4. The Morgan fingerprint density at radius 3 is 3.00 bits per heavy atom. The van der Waals surface area contributed by atoms with Gasteiger partial charge in [-0.15, -0.1) is 0 Å². The lowest BCUT2D eigenvalue weighted by Crippen LogP contribution is -2.37. The van der Waals surface area contributed by atoms with E-state index in [1.54, 1.807) is 7.11 Å². The van der Waals surface area contributed by atoms with Gasteiger partial charge in [-0.1, -0.05) is 0 Å². The minimum atomic E-state index is -0.231. The van der Waals surface area contributed by atoms with E-state index >= 15 is 0 Å². The topological polar surface area (TPSA) is 62.3 Å². The van der Waals surface area contributed by atoms with Crippen molar-refractivity contribution in [3.05, 3.63) is 11.8 Å². The van der Waals surface area contributed by atoms with Gasteiger partial charge in [0.15, 0.2) is 0 Å². The Bertz CT molecular complexity index is 323. The molecular formula is C10H17N3O2. The van der Waals surface area contributed by atoms with Gasteiger partial charge in [0.05, 0.1) is 13.2 Å².